The minimum atomic E-state index is -4.37. The first-order valence-electron chi connectivity index (χ1n) is 30.5. The van der Waals surface area contributed by atoms with Gasteiger partial charge in [-0.25, -0.2) is 4.57 Å². The molecule has 8 nitrogen and oxygen atoms in total. The number of rotatable bonds is 55. The van der Waals surface area contributed by atoms with Gasteiger partial charge in [-0.1, -0.05) is 272 Å². The fourth-order valence-corrected chi connectivity index (χ4v) is 9.37. The smallest absolute Gasteiger partial charge is 0.387 e. The molecule has 0 bridgehead atoms. The van der Waals surface area contributed by atoms with Gasteiger partial charge in [0.25, 0.3) is 0 Å². The van der Waals surface area contributed by atoms with Crippen LogP contribution in [0.15, 0.2) is 85.1 Å². The third-order valence-corrected chi connectivity index (χ3v) is 14.4. The number of amides is 1. The second-order valence-electron chi connectivity index (χ2n) is 21.7. The van der Waals surface area contributed by atoms with Crippen LogP contribution in [-0.4, -0.2) is 73.4 Å². The number of aliphatic hydroxyl groups excluding tert-OH is 1. The van der Waals surface area contributed by atoms with Crippen LogP contribution < -0.4 is 5.32 Å². The number of unbranched alkanes of at least 4 members (excludes halogenated alkanes) is 30. The first kappa shape index (κ1) is 70.7. The summed E-state index contributed by atoms with van der Waals surface area (Å²) in [6.45, 7) is 4.68. The van der Waals surface area contributed by atoms with Crippen LogP contribution in [0.1, 0.15) is 264 Å². The Morgan fingerprint density at radius 3 is 1.21 bits per heavy atom. The molecule has 0 aromatic heterocycles. The predicted molar refractivity (Wildman–Crippen MR) is 318 cm³/mol. The molecule has 0 aliphatic heterocycles. The average molecular weight is 1040 g/mol. The van der Waals surface area contributed by atoms with Gasteiger partial charge in [-0.15, -0.1) is 0 Å². The van der Waals surface area contributed by atoms with Gasteiger partial charge in [-0.3, -0.25) is 13.8 Å². The van der Waals surface area contributed by atoms with Crippen molar-refractivity contribution in [3.05, 3.63) is 85.1 Å². The molecule has 0 saturated heterocycles. The van der Waals surface area contributed by atoms with Crippen LogP contribution in [0.3, 0.4) is 0 Å². The predicted octanol–water partition coefficient (Wildman–Crippen LogP) is 18.8. The number of phosphoric acid groups is 1. The summed E-state index contributed by atoms with van der Waals surface area (Å²) in [6, 6.07) is -0.877. The van der Waals surface area contributed by atoms with E-state index in [-0.39, 0.29) is 19.1 Å². The lowest BCUT2D eigenvalue weighted by molar-refractivity contribution is -0.870. The lowest BCUT2D eigenvalue weighted by atomic mass is 10.0. The molecule has 0 aromatic carbocycles. The van der Waals surface area contributed by atoms with Gasteiger partial charge in [0.15, 0.2) is 0 Å². The third-order valence-electron chi connectivity index (χ3n) is 13.4. The number of nitrogens with zero attached hydrogens (tertiary/aromatic N) is 1. The molecular formula is C64H118N2O6P+. The Morgan fingerprint density at radius 2 is 0.822 bits per heavy atom. The Hall–Kier alpha value is -2.32. The zero-order valence-corrected chi connectivity index (χ0v) is 49.3. The van der Waals surface area contributed by atoms with E-state index in [0.29, 0.717) is 23.9 Å². The van der Waals surface area contributed by atoms with E-state index in [2.05, 4.69) is 92.1 Å². The van der Waals surface area contributed by atoms with Crippen LogP contribution in [0.5, 0.6) is 0 Å². The van der Waals surface area contributed by atoms with Crippen LogP contribution >= 0.6 is 7.82 Å². The summed E-state index contributed by atoms with van der Waals surface area (Å²) in [5, 5.41) is 13.9. The molecule has 9 heteroatoms. The van der Waals surface area contributed by atoms with E-state index >= 15 is 0 Å². The van der Waals surface area contributed by atoms with Gasteiger partial charge in [-0.2, -0.15) is 0 Å². The molecule has 0 saturated carbocycles. The van der Waals surface area contributed by atoms with Crippen LogP contribution in [0.25, 0.3) is 0 Å². The number of hydrogen-bond acceptors (Lipinski definition) is 5. The fourth-order valence-electron chi connectivity index (χ4n) is 8.64. The van der Waals surface area contributed by atoms with Crippen molar-refractivity contribution >= 4 is 13.7 Å². The number of carbonyl (C=O) groups is 1. The number of quaternary nitrogens is 1. The highest BCUT2D eigenvalue weighted by molar-refractivity contribution is 7.47. The van der Waals surface area contributed by atoms with Gasteiger partial charge in [0.2, 0.25) is 5.91 Å². The molecular weight excluding hydrogens is 924 g/mol. The van der Waals surface area contributed by atoms with Crippen molar-refractivity contribution in [3.8, 4) is 0 Å². The summed E-state index contributed by atoms with van der Waals surface area (Å²) >= 11 is 0. The van der Waals surface area contributed by atoms with Crippen LogP contribution in [0.2, 0.25) is 0 Å². The molecule has 424 valence electrons. The number of carbonyl (C=O) groups excluding carboxylic acids is 1. The number of phosphoric ester groups is 1. The quantitative estimate of drug-likeness (QED) is 0.0243. The van der Waals surface area contributed by atoms with Gasteiger partial charge < -0.3 is 19.8 Å². The van der Waals surface area contributed by atoms with Gasteiger partial charge in [-0.05, 0) is 70.6 Å². The van der Waals surface area contributed by atoms with Gasteiger partial charge >= 0.3 is 7.82 Å². The summed E-state index contributed by atoms with van der Waals surface area (Å²) in [4.78, 5) is 23.3. The van der Waals surface area contributed by atoms with E-state index in [4.69, 9.17) is 9.05 Å². The van der Waals surface area contributed by atoms with Crippen molar-refractivity contribution < 1.29 is 32.9 Å². The van der Waals surface area contributed by atoms with Crippen molar-refractivity contribution in [2.24, 2.45) is 0 Å². The highest BCUT2D eigenvalue weighted by atomic mass is 31.2. The Bertz CT molecular complexity index is 1460. The van der Waals surface area contributed by atoms with Crippen LogP contribution in [-0.2, 0) is 18.4 Å². The van der Waals surface area contributed by atoms with E-state index < -0.39 is 20.0 Å². The monoisotopic (exact) mass is 1040 g/mol. The molecule has 3 unspecified atom stereocenters. The summed E-state index contributed by atoms with van der Waals surface area (Å²) in [5.41, 5.74) is 0. The van der Waals surface area contributed by atoms with Gasteiger partial charge in [0.1, 0.15) is 13.2 Å². The second-order valence-corrected chi connectivity index (χ2v) is 23.2. The summed E-state index contributed by atoms with van der Waals surface area (Å²) in [6.07, 6.45) is 77.1. The SMILES string of the molecule is CC/C=C\C/C=C\C/C=C\C/C=C\C/C=C\C/C=C\CCCCC(=O)NC(COP(=O)(O)OCC[N+](C)(C)C)C(O)/C=C/CCCCCCCCCCCCCCCCCCCCCCCCCCCCCC. The van der Waals surface area contributed by atoms with Gasteiger partial charge in [0, 0.05) is 6.42 Å². The zero-order chi connectivity index (χ0) is 53.5. The highest BCUT2D eigenvalue weighted by Gasteiger charge is 2.27. The Balaban J connectivity index is 4.22. The van der Waals surface area contributed by atoms with E-state index in [9.17, 15) is 19.4 Å². The number of allylic oxidation sites excluding steroid dienone is 13. The Kier molecular flexibility index (Phi) is 52.7. The maximum atomic E-state index is 13.0. The molecule has 0 radical (unpaired) electrons. The third kappa shape index (κ3) is 57.2. The normalized spacial score (nSPS) is 14.5. The van der Waals surface area contributed by atoms with Crippen molar-refractivity contribution in [1.29, 1.82) is 0 Å². The summed E-state index contributed by atoms with van der Waals surface area (Å²) < 4.78 is 23.7. The average Bonchev–Trinajstić information content (AvgIpc) is 3.35. The number of likely N-dealkylation sites (N-methyl/N-ethyl adjacent to an activating group) is 1. The van der Waals surface area contributed by atoms with Crippen molar-refractivity contribution in [2.45, 2.75) is 276 Å². The minimum absolute atomic E-state index is 0.0488. The second kappa shape index (κ2) is 54.5. The van der Waals surface area contributed by atoms with E-state index in [0.717, 1.165) is 70.6 Å². The molecule has 0 fully saturated rings. The standard InChI is InChI=1S/C64H117N2O6P/c1-6-8-10-12-14-16-18-20-22-24-26-28-29-30-31-32-33-34-35-36-38-39-41-43-45-47-49-51-53-55-57-63(67)62(61-72-73(69,70)71-60-59-66(3,4)5)65-64(68)58-56-54-52-50-48-46-44-42-40-37-27-25-23-21-19-17-15-13-11-9-7-2/h9,11,15,17,21,23,27,37,42,44,48,50,55,57,62-63,67H,6-8,10,12-14,16,18-20,22,24-26,28-36,38-41,43,45-47,49,51-54,56,58-61H2,1-5H3,(H-,65,68,69,70)/p+1/b11-9-,17-15-,23-21-,37-27-,44-42-,50-48-,57-55+. The molecule has 0 rings (SSSR count). The molecule has 3 atom stereocenters. The number of nitrogens with one attached hydrogen (secondary N) is 1. The van der Waals surface area contributed by atoms with Gasteiger partial charge in [0.05, 0.1) is 39.9 Å². The highest BCUT2D eigenvalue weighted by Crippen LogP contribution is 2.43. The molecule has 0 spiro atoms. The molecule has 3 N–H and O–H groups in total. The molecule has 0 aliphatic carbocycles. The first-order chi connectivity index (χ1) is 35.5. The van der Waals surface area contributed by atoms with E-state index in [1.54, 1.807) is 6.08 Å². The maximum absolute atomic E-state index is 13.0. The molecule has 73 heavy (non-hydrogen) atoms. The topological polar surface area (TPSA) is 105 Å². The largest absolute Gasteiger partial charge is 0.472 e. The molecule has 0 heterocycles. The number of aliphatic hydroxyl groups is 1. The lowest BCUT2D eigenvalue weighted by Crippen LogP contribution is -2.45. The van der Waals surface area contributed by atoms with Crippen molar-refractivity contribution in [2.75, 3.05) is 40.9 Å². The molecule has 0 aromatic rings. The first-order valence-corrected chi connectivity index (χ1v) is 32.0. The van der Waals surface area contributed by atoms with Crippen LogP contribution in [0.4, 0.5) is 0 Å². The summed E-state index contributed by atoms with van der Waals surface area (Å²) in [5.74, 6) is -0.219. The van der Waals surface area contributed by atoms with Crippen molar-refractivity contribution in [3.63, 3.8) is 0 Å². The molecule has 1 amide bonds. The number of hydrogen-bond donors (Lipinski definition) is 3. The lowest BCUT2D eigenvalue weighted by Gasteiger charge is -2.25. The van der Waals surface area contributed by atoms with E-state index in [1.807, 2.05) is 27.2 Å². The van der Waals surface area contributed by atoms with Crippen molar-refractivity contribution in [1.82, 2.24) is 5.32 Å². The Morgan fingerprint density at radius 1 is 0.479 bits per heavy atom. The Labute approximate surface area is 452 Å². The molecule has 0 aliphatic rings. The fraction of sp³-hybridized carbons (Fsp3) is 0.766. The minimum Gasteiger partial charge on any atom is -0.387 e. The van der Waals surface area contributed by atoms with Crippen LogP contribution in [0, 0.1) is 0 Å². The maximum Gasteiger partial charge on any atom is 0.472 e. The zero-order valence-electron chi connectivity index (χ0n) is 48.4. The summed E-state index contributed by atoms with van der Waals surface area (Å²) in [7, 11) is 1.54. The van der Waals surface area contributed by atoms with E-state index in [1.165, 1.54) is 167 Å².